The van der Waals surface area contributed by atoms with Crippen molar-refractivity contribution >= 4 is 6.09 Å². The van der Waals surface area contributed by atoms with E-state index in [9.17, 15) is 4.79 Å². The van der Waals surface area contributed by atoms with Crippen molar-refractivity contribution in [1.82, 2.24) is 24.6 Å². The van der Waals surface area contributed by atoms with E-state index in [1.807, 2.05) is 7.05 Å². The molecule has 0 spiro atoms. The average Bonchev–Trinajstić information content (AvgIpc) is 3.03. The molecule has 0 radical (unpaired) electrons. The van der Waals surface area contributed by atoms with Crippen LogP contribution >= 0.6 is 0 Å². The Bertz CT molecular complexity index is 585. The summed E-state index contributed by atoms with van der Waals surface area (Å²) in [6.45, 7) is 5.24. The van der Waals surface area contributed by atoms with Gasteiger partial charge >= 0.3 is 6.09 Å². The van der Waals surface area contributed by atoms with Crippen LogP contribution < -0.4 is 0 Å². The van der Waals surface area contributed by atoms with E-state index < -0.39 is 0 Å². The first-order chi connectivity index (χ1) is 12.7. The summed E-state index contributed by atoms with van der Waals surface area (Å²) in [6.07, 6.45) is 5.60. The van der Waals surface area contributed by atoms with E-state index in [-0.39, 0.29) is 12.0 Å². The normalized spacial score (nSPS) is 21.8. The molecular weight excluding hydrogens is 334 g/mol. The van der Waals surface area contributed by atoms with Gasteiger partial charge < -0.3 is 18.9 Å². The van der Waals surface area contributed by atoms with Gasteiger partial charge in [0.15, 0.2) is 0 Å². The molecule has 26 heavy (non-hydrogen) atoms. The topological polar surface area (TPSA) is 72.7 Å². The molecule has 8 nitrogen and oxygen atoms in total. The lowest BCUT2D eigenvalue weighted by molar-refractivity contribution is 0.0646. The Morgan fingerprint density at radius 2 is 1.92 bits per heavy atom. The van der Waals surface area contributed by atoms with Gasteiger partial charge in [-0.2, -0.15) is 0 Å². The van der Waals surface area contributed by atoms with Crippen molar-refractivity contribution in [2.45, 2.75) is 44.6 Å². The fraction of sp³-hybridized carbons (Fsp3) is 0.833. The first-order valence-electron chi connectivity index (χ1n) is 9.70. The Morgan fingerprint density at radius 1 is 1.12 bits per heavy atom. The minimum Gasteiger partial charge on any atom is -0.447 e. The van der Waals surface area contributed by atoms with E-state index in [0.717, 1.165) is 50.7 Å². The number of ether oxygens (including phenoxy) is 2. The molecule has 0 unspecified atom stereocenters. The molecule has 0 bridgehead atoms. The van der Waals surface area contributed by atoms with Crippen molar-refractivity contribution < 1.29 is 14.3 Å². The summed E-state index contributed by atoms with van der Waals surface area (Å²) in [7, 11) is 3.64. The summed E-state index contributed by atoms with van der Waals surface area (Å²) >= 11 is 0. The second kappa shape index (κ2) is 9.32. The minimum absolute atomic E-state index is 0.214. The van der Waals surface area contributed by atoms with E-state index >= 15 is 0 Å². The van der Waals surface area contributed by atoms with Gasteiger partial charge in [-0.3, -0.25) is 4.90 Å². The van der Waals surface area contributed by atoms with E-state index in [1.165, 1.54) is 19.3 Å². The number of carbonyl (C=O) groups is 1. The molecule has 1 aromatic rings. The maximum atomic E-state index is 12.2. The fourth-order valence-electron chi connectivity index (χ4n) is 3.84. The molecule has 1 amide bonds. The number of piperidine rings is 2. The number of hydrogen-bond acceptors (Lipinski definition) is 6. The Hall–Kier alpha value is -1.67. The van der Waals surface area contributed by atoms with Crippen molar-refractivity contribution in [2.24, 2.45) is 7.05 Å². The number of methoxy groups -OCH3 is 1. The minimum atomic E-state index is -0.262. The van der Waals surface area contributed by atoms with Crippen LogP contribution in [-0.2, 0) is 23.1 Å². The third-order valence-electron chi connectivity index (χ3n) is 5.37. The molecule has 2 saturated heterocycles. The lowest BCUT2D eigenvalue weighted by Gasteiger charge is -2.31. The van der Waals surface area contributed by atoms with Gasteiger partial charge in [0.25, 0.3) is 0 Å². The number of carbonyl (C=O) groups excluding carboxylic acids is 1. The van der Waals surface area contributed by atoms with Gasteiger partial charge in [-0.25, -0.2) is 4.79 Å². The van der Waals surface area contributed by atoms with Gasteiger partial charge in [0, 0.05) is 33.2 Å². The Kier molecular flexibility index (Phi) is 6.85. The number of hydrogen-bond donors (Lipinski definition) is 0. The van der Waals surface area contributed by atoms with Crippen LogP contribution in [0.25, 0.3) is 0 Å². The molecule has 0 aromatic carbocycles. The summed E-state index contributed by atoms with van der Waals surface area (Å²) in [5, 5.41) is 8.90. The third-order valence-corrected chi connectivity index (χ3v) is 5.37. The zero-order valence-electron chi connectivity index (χ0n) is 16.0. The SMILES string of the molecule is COCCOC(=O)N1CCC[C@H](c2nnc(CN3CCCCC3)n2C)C1. The van der Waals surface area contributed by atoms with Crippen LogP contribution in [0.2, 0.25) is 0 Å². The van der Waals surface area contributed by atoms with Gasteiger partial charge in [0.05, 0.1) is 13.2 Å². The quantitative estimate of drug-likeness (QED) is 0.716. The molecule has 0 aliphatic carbocycles. The van der Waals surface area contributed by atoms with Crippen molar-refractivity contribution in [2.75, 3.05) is 46.5 Å². The van der Waals surface area contributed by atoms with Gasteiger partial charge in [-0.05, 0) is 38.8 Å². The Morgan fingerprint density at radius 3 is 2.69 bits per heavy atom. The largest absolute Gasteiger partial charge is 0.447 e. The van der Waals surface area contributed by atoms with Crippen molar-refractivity contribution in [3.63, 3.8) is 0 Å². The zero-order chi connectivity index (χ0) is 18.4. The van der Waals surface area contributed by atoms with E-state index in [2.05, 4.69) is 19.7 Å². The summed E-state index contributed by atoms with van der Waals surface area (Å²) in [6, 6.07) is 0. The first kappa shape index (κ1) is 19.1. The molecule has 1 aromatic heterocycles. The van der Waals surface area contributed by atoms with Crippen LogP contribution in [-0.4, -0.2) is 77.2 Å². The fourth-order valence-corrected chi connectivity index (χ4v) is 3.84. The predicted octanol–water partition coefficient (Wildman–Crippen LogP) is 1.76. The maximum Gasteiger partial charge on any atom is 0.409 e. The number of amides is 1. The van der Waals surface area contributed by atoms with Crippen LogP contribution in [0.15, 0.2) is 0 Å². The number of nitrogens with zero attached hydrogens (tertiary/aromatic N) is 5. The third kappa shape index (κ3) is 4.73. The van der Waals surface area contributed by atoms with Crippen molar-refractivity contribution in [3.05, 3.63) is 11.6 Å². The van der Waals surface area contributed by atoms with E-state index in [1.54, 1.807) is 12.0 Å². The summed E-state index contributed by atoms with van der Waals surface area (Å²) in [4.78, 5) is 16.4. The number of likely N-dealkylation sites (tertiary alicyclic amines) is 2. The molecule has 3 rings (SSSR count). The van der Waals surface area contributed by atoms with Crippen LogP contribution in [0.1, 0.15) is 49.7 Å². The Balaban J connectivity index is 1.58. The summed E-state index contributed by atoms with van der Waals surface area (Å²) < 4.78 is 12.3. The number of rotatable bonds is 6. The molecule has 2 fully saturated rings. The second-order valence-corrected chi connectivity index (χ2v) is 7.26. The van der Waals surface area contributed by atoms with Crippen molar-refractivity contribution in [3.8, 4) is 0 Å². The second-order valence-electron chi connectivity index (χ2n) is 7.26. The van der Waals surface area contributed by atoms with Gasteiger partial charge in [0.2, 0.25) is 0 Å². The standard InChI is InChI=1S/C18H31N5O3/c1-21-16(14-22-8-4-3-5-9-22)19-20-17(21)15-7-6-10-23(13-15)18(24)26-12-11-25-2/h15H,3-14H2,1-2H3/t15-/m0/s1. The molecule has 1 atom stereocenters. The van der Waals surface area contributed by atoms with Gasteiger partial charge in [0.1, 0.15) is 18.3 Å². The Labute approximate surface area is 155 Å². The van der Waals surface area contributed by atoms with Crippen LogP contribution in [0, 0.1) is 0 Å². The predicted molar refractivity (Wildman–Crippen MR) is 96.9 cm³/mol. The van der Waals surface area contributed by atoms with E-state index in [0.29, 0.717) is 19.8 Å². The lowest BCUT2D eigenvalue weighted by Crippen LogP contribution is -2.40. The molecular formula is C18H31N5O3. The van der Waals surface area contributed by atoms with Gasteiger partial charge in [-0.15, -0.1) is 10.2 Å². The molecule has 146 valence electrons. The van der Waals surface area contributed by atoms with Crippen molar-refractivity contribution in [1.29, 1.82) is 0 Å². The lowest BCUT2D eigenvalue weighted by atomic mass is 9.97. The highest BCUT2D eigenvalue weighted by atomic mass is 16.6. The molecule has 2 aliphatic rings. The van der Waals surface area contributed by atoms with Gasteiger partial charge in [-0.1, -0.05) is 6.42 Å². The maximum absolute atomic E-state index is 12.2. The van der Waals surface area contributed by atoms with Crippen LogP contribution in [0.4, 0.5) is 4.79 Å². The van der Waals surface area contributed by atoms with Crippen LogP contribution in [0.3, 0.4) is 0 Å². The highest BCUT2D eigenvalue weighted by Gasteiger charge is 2.29. The molecule has 8 heteroatoms. The smallest absolute Gasteiger partial charge is 0.409 e. The zero-order valence-corrected chi connectivity index (χ0v) is 16.0. The summed E-state index contributed by atoms with van der Waals surface area (Å²) in [5.74, 6) is 2.21. The molecule has 3 heterocycles. The average molecular weight is 365 g/mol. The highest BCUT2D eigenvalue weighted by molar-refractivity contribution is 5.67. The first-order valence-corrected chi connectivity index (χ1v) is 9.70. The summed E-state index contributed by atoms with van der Waals surface area (Å²) in [5.41, 5.74) is 0. The molecule has 2 aliphatic heterocycles. The molecule has 0 saturated carbocycles. The monoisotopic (exact) mass is 365 g/mol. The highest BCUT2D eigenvalue weighted by Crippen LogP contribution is 2.26. The molecule has 0 N–H and O–H groups in total. The number of aromatic nitrogens is 3. The van der Waals surface area contributed by atoms with E-state index in [4.69, 9.17) is 9.47 Å². The van der Waals surface area contributed by atoms with Crippen LogP contribution in [0.5, 0.6) is 0 Å².